The van der Waals surface area contributed by atoms with Crippen molar-refractivity contribution in [3.05, 3.63) is 40.9 Å². The SMILES string of the molecule is NC(=O)[C@@H]1CC[C@H](C(=O)NCC(F)(F)F)N1c1ccnc(C2CNc3ncc(Cl)cc32)n1. The Balaban J connectivity index is 1.64. The summed E-state index contributed by atoms with van der Waals surface area (Å²) in [7, 11) is 0. The summed E-state index contributed by atoms with van der Waals surface area (Å²) < 4.78 is 37.7. The predicted molar refractivity (Wildman–Crippen MR) is 109 cm³/mol. The number of carbonyl (C=O) groups is 2. The second-order valence-electron chi connectivity index (χ2n) is 7.55. The van der Waals surface area contributed by atoms with Gasteiger partial charge in [-0.3, -0.25) is 9.59 Å². The average molecular weight is 470 g/mol. The highest BCUT2D eigenvalue weighted by Gasteiger charge is 2.42. The van der Waals surface area contributed by atoms with Crippen LogP contribution >= 0.6 is 11.6 Å². The number of alkyl halides is 3. The molecule has 2 amide bonds. The highest BCUT2D eigenvalue weighted by molar-refractivity contribution is 6.30. The lowest BCUT2D eigenvalue weighted by Gasteiger charge is -2.29. The zero-order valence-corrected chi connectivity index (χ0v) is 17.3. The number of carbonyl (C=O) groups excluding carboxylic acids is 2. The molecule has 0 radical (unpaired) electrons. The lowest BCUT2D eigenvalue weighted by atomic mass is 10.0. The second kappa shape index (κ2) is 8.41. The van der Waals surface area contributed by atoms with Crippen molar-refractivity contribution in [1.29, 1.82) is 0 Å². The number of aromatic nitrogens is 3. The monoisotopic (exact) mass is 469 g/mol. The van der Waals surface area contributed by atoms with Crippen LogP contribution in [0.5, 0.6) is 0 Å². The minimum atomic E-state index is -4.55. The van der Waals surface area contributed by atoms with Crippen LogP contribution in [0.15, 0.2) is 24.5 Å². The van der Waals surface area contributed by atoms with Crippen LogP contribution in [0.1, 0.15) is 30.1 Å². The average Bonchev–Trinajstić information content (AvgIpc) is 3.36. The van der Waals surface area contributed by atoms with Gasteiger partial charge in [-0.1, -0.05) is 11.6 Å². The van der Waals surface area contributed by atoms with Crippen LogP contribution in [0.4, 0.5) is 24.8 Å². The predicted octanol–water partition coefficient (Wildman–Crippen LogP) is 1.58. The molecule has 2 aromatic heterocycles. The maximum absolute atomic E-state index is 12.6. The van der Waals surface area contributed by atoms with Crippen molar-refractivity contribution in [2.45, 2.75) is 37.0 Å². The Labute approximate surface area is 185 Å². The first-order valence-electron chi connectivity index (χ1n) is 9.78. The lowest BCUT2D eigenvalue weighted by Crippen LogP contribution is -2.51. The van der Waals surface area contributed by atoms with Crippen LogP contribution in [-0.2, 0) is 9.59 Å². The number of anilines is 2. The van der Waals surface area contributed by atoms with Gasteiger partial charge in [0.15, 0.2) is 0 Å². The molecule has 1 unspecified atom stereocenters. The fourth-order valence-corrected chi connectivity index (χ4v) is 4.22. The van der Waals surface area contributed by atoms with Crippen molar-refractivity contribution in [3.63, 3.8) is 0 Å². The summed E-state index contributed by atoms with van der Waals surface area (Å²) in [5.41, 5.74) is 6.30. The van der Waals surface area contributed by atoms with Crippen LogP contribution < -0.4 is 21.3 Å². The Kier molecular flexibility index (Phi) is 5.80. The van der Waals surface area contributed by atoms with Gasteiger partial charge < -0.3 is 21.3 Å². The van der Waals surface area contributed by atoms with E-state index in [1.54, 1.807) is 6.07 Å². The van der Waals surface area contributed by atoms with Gasteiger partial charge in [0.1, 0.15) is 36.1 Å². The zero-order valence-electron chi connectivity index (χ0n) is 16.6. The maximum Gasteiger partial charge on any atom is 0.405 e. The molecule has 4 rings (SSSR count). The molecule has 9 nitrogen and oxygen atoms in total. The smallest absolute Gasteiger partial charge is 0.369 e. The van der Waals surface area contributed by atoms with Gasteiger partial charge in [-0.2, -0.15) is 13.2 Å². The summed E-state index contributed by atoms with van der Waals surface area (Å²) >= 11 is 6.07. The number of nitrogens with one attached hydrogen (secondary N) is 2. The molecule has 4 N–H and O–H groups in total. The third kappa shape index (κ3) is 4.40. The van der Waals surface area contributed by atoms with Gasteiger partial charge in [0, 0.05) is 24.5 Å². The van der Waals surface area contributed by atoms with E-state index in [1.165, 1.54) is 23.4 Å². The fourth-order valence-electron chi connectivity index (χ4n) is 4.06. The molecule has 3 atom stereocenters. The minimum absolute atomic E-state index is 0.157. The van der Waals surface area contributed by atoms with Gasteiger partial charge in [0.2, 0.25) is 11.8 Å². The number of pyridine rings is 1. The molecule has 0 bridgehead atoms. The molecule has 0 saturated carbocycles. The quantitative estimate of drug-likeness (QED) is 0.607. The van der Waals surface area contributed by atoms with Crippen LogP contribution in [0.3, 0.4) is 0 Å². The summed E-state index contributed by atoms with van der Waals surface area (Å²) in [6.45, 7) is -1.01. The van der Waals surface area contributed by atoms with Gasteiger partial charge in [-0.05, 0) is 25.0 Å². The standard InChI is InChI=1S/C19H19ClF3N7O2/c20-9-5-10-11(7-27-16(10)26-6-9)17-25-4-3-14(29-17)30-12(15(24)31)1-2-13(30)18(32)28-8-19(21,22)23/h3-6,11-13H,1-2,7-8H2,(H2,24,31)(H,26,27)(H,28,32)/t11?,12-,13+/m0/s1. The summed E-state index contributed by atoms with van der Waals surface area (Å²) in [5.74, 6) is -0.568. The lowest BCUT2D eigenvalue weighted by molar-refractivity contribution is -0.139. The number of amides is 2. The number of nitrogens with two attached hydrogens (primary N) is 1. The topological polar surface area (TPSA) is 126 Å². The van der Waals surface area contributed by atoms with E-state index in [1.807, 2.05) is 5.32 Å². The molecular weight excluding hydrogens is 451 g/mol. The van der Waals surface area contributed by atoms with E-state index in [2.05, 4.69) is 20.3 Å². The molecule has 4 heterocycles. The molecule has 2 aliphatic rings. The number of primary amides is 1. The molecule has 170 valence electrons. The van der Waals surface area contributed by atoms with Crippen molar-refractivity contribution in [1.82, 2.24) is 20.3 Å². The number of hydrogen-bond donors (Lipinski definition) is 3. The van der Waals surface area contributed by atoms with Crippen molar-refractivity contribution >= 4 is 35.1 Å². The maximum atomic E-state index is 12.6. The third-order valence-electron chi connectivity index (χ3n) is 5.45. The molecule has 1 fully saturated rings. The van der Waals surface area contributed by atoms with Crippen molar-refractivity contribution < 1.29 is 22.8 Å². The van der Waals surface area contributed by atoms with Crippen molar-refractivity contribution in [2.75, 3.05) is 23.3 Å². The molecule has 2 aliphatic heterocycles. The molecule has 32 heavy (non-hydrogen) atoms. The molecule has 13 heteroatoms. The Morgan fingerprint density at radius 2 is 2.03 bits per heavy atom. The Morgan fingerprint density at radius 1 is 1.28 bits per heavy atom. The van der Waals surface area contributed by atoms with Crippen LogP contribution in [-0.4, -0.2) is 58.1 Å². The summed E-state index contributed by atoms with van der Waals surface area (Å²) in [4.78, 5) is 39.0. The van der Waals surface area contributed by atoms with E-state index >= 15 is 0 Å². The normalized spacial score (nSPS) is 22.4. The largest absolute Gasteiger partial charge is 0.405 e. The van der Waals surface area contributed by atoms with E-state index in [0.717, 1.165) is 5.56 Å². The van der Waals surface area contributed by atoms with Crippen LogP contribution in [0, 0.1) is 0 Å². The van der Waals surface area contributed by atoms with Gasteiger partial charge >= 0.3 is 6.18 Å². The van der Waals surface area contributed by atoms with Gasteiger partial charge in [0.05, 0.1) is 10.9 Å². The van der Waals surface area contributed by atoms with Gasteiger partial charge in [-0.25, -0.2) is 15.0 Å². The molecule has 2 aromatic rings. The molecule has 1 saturated heterocycles. The van der Waals surface area contributed by atoms with Crippen molar-refractivity contribution in [2.24, 2.45) is 5.73 Å². The van der Waals surface area contributed by atoms with Gasteiger partial charge in [-0.15, -0.1) is 0 Å². The van der Waals surface area contributed by atoms with E-state index in [0.29, 0.717) is 23.2 Å². The van der Waals surface area contributed by atoms with Gasteiger partial charge in [0.25, 0.3) is 0 Å². The number of hydrogen-bond acceptors (Lipinski definition) is 7. The number of rotatable bonds is 5. The zero-order chi connectivity index (χ0) is 23.0. The minimum Gasteiger partial charge on any atom is -0.369 e. The Hall–Kier alpha value is -3.15. The number of fused-ring (bicyclic) bond motifs is 1. The summed E-state index contributed by atoms with van der Waals surface area (Å²) in [5, 5.41) is 5.47. The van der Waals surface area contributed by atoms with Crippen molar-refractivity contribution in [3.8, 4) is 0 Å². The van der Waals surface area contributed by atoms with E-state index in [4.69, 9.17) is 17.3 Å². The second-order valence-corrected chi connectivity index (χ2v) is 7.99. The van der Waals surface area contributed by atoms with Crippen LogP contribution in [0.25, 0.3) is 0 Å². The third-order valence-corrected chi connectivity index (χ3v) is 5.65. The molecule has 0 aromatic carbocycles. The highest BCUT2D eigenvalue weighted by atomic mass is 35.5. The Morgan fingerprint density at radius 3 is 2.75 bits per heavy atom. The first kappa shape index (κ1) is 22.1. The summed E-state index contributed by atoms with van der Waals surface area (Å²) in [6, 6.07) is 1.33. The first-order valence-corrected chi connectivity index (χ1v) is 10.2. The molecule has 0 spiro atoms. The molecule has 0 aliphatic carbocycles. The van der Waals surface area contributed by atoms with E-state index in [-0.39, 0.29) is 24.6 Å². The Bertz CT molecular complexity index is 1050. The molecular formula is C19H19ClF3N7O2. The summed E-state index contributed by atoms with van der Waals surface area (Å²) in [6.07, 6.45) is -1.20. The highest BCUT2D eigenvalue weighted by Crippen LogP contribution is 2.36. The number of nitrogens with zero attached hydrogens (tertiary/aromatic N) is 4. The number of halogens is 4. The van der Waals surface area contributed by atoms with E-state index < -0.39 is 36.6 Å². The first-order chi connectivity index (χ1) is 15.1. The fraction of sp³-hybridized carbons (Fsp3) is 0.421. The van der Waals surface area contributed by atoms with E-state index in [9.17, 15) is 22.8 Å². The van der Waals surface area contributed by atoms with Crippen LogP contribution in [0.2, 0.25) is 5.02 Å².